The molecule has 1 aliphatic heterocycles. The summed E-state index contributed by atoms with van der Waals surface area (Å²) in [6, 6.07) is 10.1. The zero-order valence-corrected chi connectivity index (χ0v) is 16.4. The zero-order valence-electron chi connectivity index (χ0n) is 16.4. The van der Waals surface area contributed by atoms with Gasteiger partial charge in [0, 0.05) is 38.4 Å². The van der Waals surface area contributed by atoms with Crippen LogP contribution in [0.15, 0.2) is 58.5 Å². The minimum absolute atomic E-state index is 0.196. The Bertz CT molecular complexity index is 1160. The molecule has 1 saturated heterocycles. The quantitative estimate of drug-likeness (QED) is 0.640. The molecule has 0 bridgehead atoms. The molecule has 10 heteroatoms. The van der Waals surface area contributed by atoms with Gasteiger partial charge in [-0.15, -0.1) is 0 Å². The highest BCUT2D eigenvalue weighted by atomic mass is 16.2. The van der Waals surface area contributed by atoms with Crippen LogP contribution in [0.2, 0.25) is 0 Å². The molecular weight excluding hydrogens is 386 g/mol. The van der Waals surface area contributed by atoms with Gasteiger partial charge in [0.1, 0.15) is 23.5 Å². The number of hydrogen-bond donors (Lipinski definition) is 2. The minimum Gasteiger partial charge on any atom is -0.354 e. The van der Waals surface area contributed by atoms with Crippen LogP contribution in [-0.4, -0.2) is 63.6 Å². The topological polar surface area (TPSA) is 116 Å². The lowest BCUT2D eigenvalue weighted by atomic mass is 10.2. The molecule has 1 aromatic carbocycles. The number of aromatic nitrogens is 4. The number of carbonyl (C=O) groups excluding carboxylic acids is 1. The number of anilines is 2. The Morgan fingerprint density at radius 2 is 1.80 bits per heavy atom. The summed E-state index contributed by atoms with van der Waals surface area (Å²) in [5.74, 6) is 0.321. The van der Waals surface area contributed by atoms with Crippen molar-refractivity contribution in [2.24, 2.45) is 0 Å². The molecule has 0 aliphatic carbocycles. The molecule has 2 aromatic heterocycles. The van der Waals surface area contributed by atoms with Gasteiger partial charge in [-0.2, -0.15) is 0 Å². The van der Waals surface area contributed by atoms with Crippen LogP contribution < -0.4 is 21.5 Å². The van der Waals surface area contributed by atoms with Crippen LogP contribution in [0, 0.1) is 0 Å². The number of benzene rings is 1. The van der Waals surface area contributed by atoms with E-state index in [-0.39, 0.29) is 11.4 Å². The van der Waals surface area contributed by atoms with E-state index in [0.717, 1.165) is 36.9 Å². The number of rotatable bonds is 4. The first kappa shape index (κ1) is 19.5. The van der Waals surface area contributed by atoms with Gasteiger partial charge in [0.15, 0.2) is 0 Å². The van der Waals surface area contributed by atoms with Crippen LogP contribution >= 0.6 is 0 Å². The maximum absolute atomic E-state index is 12.8. The van der Waals surface area contributed by atoms with Gasteiger partial charge in [-0.25, -0.2) is 19.3 Å². The highest BCUT2D eigenvalue weighted by molar-refractivity contribution is 6.03. The Morgan fingerprint density at radius 3 is 2.53 bits per heavy atom. The van der Waals surface area contributed by atoms with Gasteiger partial charge >= 0.3 is 5.69 Å². The number of hydrogen-bond acceptors (Lipinski definition) is 7. The number of H-pyrrole nitrogens is 1. The van der Waals surface area contributed by atoms with Gasteiger partial charge in [0.2, 0.25) is 0 Å². The summed E-state index contributed by atoms with van der Waals surface area (Å²) in [6.45, 7) is 3.48. The normalized spacial score (nSPS) is 14.5. The number of amides is 1. The van der Waals surface area contributed by atoms with Gasteiger partial charge in [0.05, 0.1) is 5.69 Å². The van der Waals surface area contributed by atoms with E-state index in [1.165, 1.54) is 6.33 Å². The molecule has 3 heterocycles. The molecule has 0 unspecified atom stereocenters. The second kappa shape index (κ2) is 8.29. The number of aromatic amines is 1. The van der Waals surface area contributed by atoms with Crippen molar-refractivity contribution >= 4 is 17.5 Å². The summed E-state index contributed by atoms with van der Waals surface area (Å²) in [6.07, 6.45) is 2.49. The first-order valence-electron chi connectivity index (χ1n) is 9.50. The predicted molar refractivity (Wildman–Crippen MR) is 112 cm³/mol. The predicted octanol–water partition coefficient (Wildman–Crippen LogP) is 0.320. The molecule has 0 spiro atoms. The molecule has 0 atom stereocenters. The van der Waals surface area contributed by atoms with E-state index in [1.807, 2.05) is 0 Å². The van der Waals surface area contributed by atoms with Crippen molar-refractivity contribution < 1.29 is 4.79 Å². The molecule has 4 rings (SSSR count). The molecule has 0 saturated carbocycles. The Labute approximate surface area is 171 Å². The highest BCUT2D eigenvalue weighted by Gasteiger charge is 2.19. The van der Waals surface area contributed by atoms with E-state index in [9.17, 15) is 14.4 Å². The van der Waals surface area contributed by atoms with Gasteiger partial charge < -0.3 is 20.1 Å². The maximum atomic E-state index is 12.8. The van der Waals surface area contributed by atoms with Crippen LogP contribution in [-0.2, 0) is 0 Å². The van der Waals surface area contributed by atoms with Crippen LogP contribution in [0.1, 0.15) is 10.4 Å². The van der Waals surface area contributed by atoms with E-state index in [0.29, 0.717) is 11.5 Å². The number of nitrogens with one attached hydrogen (secondary N) is 2. The molecule has 154 valence electrons. The van der Waals surface area contributed by atoms with Crippen molar-refractivity contribution in [2.75, 3.05) is 43.4 Å². The Kier molecular flexibility index (Phi) is 5.40. The lowest BCUT2D eigenvalue weighted by Gasteiger charge is -2.33. The number of nitrogens with zero attached hydrogens (tertiary/aromatic N) is 5. The van der Waals surface area contributed by atoms with Crippen molar-refractivity contribution in [1.82, 2.24) is 24.4 Å². The van der Waals surface area contributed by atoms with Crippen LogP contribution in [0.25, 0.3) is 5.69 Å². The number of carbonyl (C=O) groups is 1. The second-order valence-corrected chi connectivity index (χ2v) is 6.99. The van der Waals surface area contributed by atoms with E-state index in [1.54, 1.807) is 36.4 Å². The molecule has 0 radical (unpaired) electrons. The maximum Gasteiger partial charge on any atom is 0.333 e. The van der Waals surface area contributed by atoms with Crippen molar-refractivity contribution in [2.45, 2.75) is 0 Å². The summed E-state index contributed by atoms with van der Waals surface area (Å²) < 4.78 is 0.921. The average molecular weight is 407 g/mol. The standard InChI is InChI=1S/C20H21N7O3/c1-25-7-9-26(10-8-25)17-11-16(22-13-23-17)24-18(28)15-12-21-20(30)27(19(15)29)14-5-3-2-4-6-14/h2-6,11-13H,7-10H2,1H3,(H,21,30)(H,22,23,24,28). The molecule has 10 nitrogen and oxygen atoms in total. The molecule has 1 amide bonds. The highest BCUT2D eigenvalue weighted by Crippen LogP contribution is 2.16. The number of likely N-dealkylation sites (N-methyl/N-ethyl adjacent to an activating group) is 1. The van der Waals surface area contributed by atoms with E-state index in [2.05, 4.69) is 37.1 Å². The number of para-hydroxylation sites is 1. The average Bonchev–Trinajstić information content (AvgIpc) is 2.75. The molecule has 30 heavy (non-hydrogen) atoms. The van der Waals surface area contributed by atoms with Gasteiger partial charge in [-0.3, -0.25) is 9.59 Å². The Balaban J connectivity index is 1.59. The van der Waals surface area contributed by atoms with E-state index in [4.69, 9.17) is 0 Å². The van der Waals surface area contributed by atoms with Gasteiger partial charge in [-0.1, -0.05) is 18.2 Å². The van der Waals surface area contributed by atoms with E-state index < -0.39 is 17.2 Å². The van der Waals surface area contributed by atoms with Crippen molar-refractivity contribution in [3.63, 3.8) is 0 Å². The smallest absolute Gasteiger partial charge is 0.333 e. The Morgan fingerprint density at radius 1 is 1.07 bits per heavy atom. The summed E-state index contributed by atoms with van der Waals surface area (Å²) in [7, 11) is 2.06. The molecule has 1 fully saturated rings. The molecule has 2 N–H and O–H groups in total. The monoisotopic (exact) mass is 407 g/mol. The molecular formula is C20H21N7O3. The van der Waals surface area contributed by atoms with Crippen molar-refractivity contribution in [3.8, 4) is 5.69 Å². The summed E-state index contributed by atoms with van der Waals surface area (Å²) >= 11 is 0. The summed E-state index contributed by atoms with van der Waals surface area (Å²) in [5.41, 5.74) is -1.16. The fourth-order valence-electron chi connectivity index (χ4n) is 3.25. The third-order valence-corrected chi connectivity index (χ3v) is 4.96. The van der Waals surface area contributed by atoms with E-state index >= 15 is 0 Å². The fourth-order valence-corrected chi connectivity index (χ4v) is 3.25. The molecule has 1 aliphatic rings. The van der Waals surface area contributed by atoms with Crippen molar-refractivity contribution in [3.05, 3.63) is 75.3 Å². The molecule has 3 aromatic rings. The largest absolute Gasteiger partial charge is 0.354 e. The van der Waals surface area contributed by atoms with Gasteiger partial charge in [-0.05, 0) is 19.2 Å². The van der Waals surface area contributed by atoms with Crippen LogP contribution in [0.3, 0.4) is 0 Å². The Hall–Kier alpha value is -3.79. The van der Waals surface area contributed by atoms with Gasteiger partial charge in [0.25, 0.3) is 11.5 Å². The third-order valence-electron chi connectivity index (χ3n) is 4.96. The zero-order chi connectivity index (χ0) is 21.1. The SMILES string of the molecule is CN1CCN(c2cc(NC(=O)c3c[nH]c(=O)n(-c4ccccc4)c3=O)ncn2)CC1. The second-order valence-electron chi connectivity index (χ2n) is 6.99. The lowest BCUT2D eigenvalue weighted by molar-refractivity contribution is 0.102. The first-order valence-corrected chi connectivity index (χ1v) is 9.50. The van der Waals surface area contributed by atoms with Crippen LogP contribution in [0.5, 0.6) is 0 Å². The summed E-state index contributed by atoms with van der Waals surface area (Å²) in [4.78, 5) is 52.8. The fraction of sp³-hybridized carbons (Fsp3) is 0.250. The number of piperazine rings is 1. The van der Waals surface area contributed by atoms with Crippen molar-refractivity contribution in [1.29, 1.82) is 0 Å². The lowest BCUT2D eigenvalue weighted by Crippen LogP contribution is -2.44. The third kappa shape index (κ3) is 3.98. The first-order chi connectivity index (χ1) is 14.5. The minimum atomic E-state index is -0.712. The van der Waals surface area contributed by atoms with Crippen LogP contribution in [0.4, 0.5) is 11.6 Å². The summed E-state index contributed by atoms with van der Waals surface area (Å²) in [5, 5.41) is 2.62.